The molecule has 0 saturated carbocycles. The van der Waals surface area contributed by atoms with Gasteiger partial charge in [0.05, 0.1) is 0 Å². The number of benzene rings is 1. The van der Waals surface area contributed by atoms with E-state index >= 15 is 0 Å². The summed E-state index contributed by atoms with van der Waals surface area (Å²) >= 11 is 0. The summed E-state index contributed by atoms with van der Waals surface area (Å²) in [5.41, 5.74) is 3.86. The number of alkyl halides is 3. The molecule has 0 radical (unpaired) electrons. The zero-order valence-corrected chi connectivity index (χ0v) is 8.84. The fourth-order valence-corrected chi connectivity index (χ4v) is 1.24. The van der Waals surface area contributed by atoms with Crippen LogP contribution in [0.2, 0.25) is 0 Å². The summed E-state index contributed by atoms with van der Waals surface area (Å²) < 4.78 is 35.6. The molecule has 0 aliphatic heterocycles. The maximum atomic E-state index is 11.9. The molecule has 17 heavy (non-hydrogen) atoms. The van der Waals surface area contributed by atoms with Crippen LogP contribution < -0.4 is 16.6 Å². The summed E-state index contributed by atoms with van der Waals surface area (Å²) in [6.45, 7) is -0.0770. The van der Waals surface area contributed by atoms with E-state index in [1.54, 1.807) is 29.6 Å². The first kappa shape index (κ1) is 13.3. The van der Waals surface area contributed by atoms with Gasteiger partial charge < -0.3 is 10.7 Å². The van der Waals surface area contributed by atoms with Crippen LogP contribution in [-0.4, -0.2) is 18.6 Å². The van der Waals surface area contributed by atoms with Crippen LogP contribution in [-0.2, 0) is 11.2 Å². The maximum Gasteiger partial charge on any atom is 0.471 e. The average molecular weight is 247 g/mol. The first-order chi connectivity index (χ1) is 7.93. The Bertz CT molecular complexity index is 393. The van der Waals surface area contributed by atoms with E-state index < -0.39 is 12.1 Å². The molecular weight excluding hydrogens is 235 g/mol. The maximum absolute atomic E-state index is 11.9. The molecule has 1 rings (SSSR count). The van der Waals surface area contributed by atoms with Gasteiger partial charge in [0.25, 0.3) is 0 Å². The normalized spacial score (nSPS) is 11.1. The Balaban J connectivity index is 2.43. The van der Waals surface area contributed by atoms with Crippen LogP contribution in [0.1, 0.15) is 5.56 Å². The zero-order chi connectivity index (χ0) is 12.9. The van der Waals surface area contributed by atoms with Gasteiger partial charge >= 0.3 is 12.1 Å². The molecule has 1 amide bonds. The molecule has 94 valence electrons. The number of carbonyl (C=O) groups is 1. The third-order valence-corrected chi connectivity index (χ3v) is 2.05. The third-order valence-electron chi connectivity index (χ3n) is 2.05. The molecule has 0 bridgehead atoms. The van der Waals surface area contributed by atoms with E-state index in [0.29, 0.717) is 12.1 Å². The number of hydrogen-bond donors (Lipinski definition) is 3. The fourth-order valence-electron chi connectivity index (χ4n) is 1.24. The number of carbonyl (C=O) groups excluding carboxylic acids is 1. The molecular formula is C10H12F3N3O. The standard InChI is InChI=1S/C10H12F3N3O/c11-10(12,13)9(17)15-5-4-7-2-1-3-8(6-7)16-14/h1-3,6,16H,4-5,14H2,(H,15,17). The lowest BCUT2D eigenvalue weighted by Gasteiger charge is -2.08. The SMILES string of the molecule is NNc1cccc(CCNC(=O)C(F)(F)F)c1. The average Bonchev–Trinajstić information content (AvgIpc) is 2.28. The van der Waals surface area contributed by atoms with Gasteiger partial charge in [-0.2, -0.15) is 13.2 Å². The van der Waals surface area contributed by atoms with Crippen molar-refractivity contribution < 1.29 is 18.0 Å². The van der Waals surface area contributed by atoms with E-state index in [2.05, 4.69) is 5.43 Å². The van der Waals surface area contributed by atoms with Gasteiger partial charge in [0.15, 0.2) is 0 Å². The Morgan fingerprint density at radius 1 is 1.35 bits per heavy atom. The van der Waals surface area contributed by atoms with Crippen molar-refractivity contribution in [3.63, 3.8) is 0 Å². The molecule has 1 aromatic rings. The summed E-state index contributed by atoms with van der Waals surface area (Å²) in [5.74, 6) is 3.26. The molecule has 4 nitrogen and oxygen atoms in total. The van der Waals surface area contributed by atoms with Gasteiger partial charge in [-0.25, -0.2) is 0 Å². The molecule has 0 heterocycles. The van der Waals surface area contributed by atoms with Gasteiger partial charge in [0, 0.05) is 12.2 Å². The van der Waals surface area contributed by atoms with E-state index in [-0.39, 0.29) is 6.54 Å². The summed E-state index contributed by atoms with van der Waals surface area (Å²) in [6.07, 6.45) is -4.53. The molecule has 0 aliphatic rings. The van der Waals surface area contributed by atoms with Gasteiger partial charge in [-0.3, -0.25) is 10.6 Å². The van der Waals surface area contributed by atoms with Crippen LogP contribution in [0.3, 0.4) is 0 Å². The van der Waals surface area contributed by atoms with Crippen LogP contribution >= 0.6 is 0 Å². The lowest BCUT2D eigenvalue weighted by molar-refractivity contribution is -0.173. The van der Waals surface area contributed by atoms with Crippen LogP contribution in [0.5, 0.6) is 0 Å². The molecule has 0 fully saturated rings. The second-order valence-corrected chi connectivity index (χ2v) is 3.35. The highest BCUT2D eigenvalue weighted by Gasteiger charge is 2.38. The van der Waals surface area contributed by atoms with Crippen LogP contribution in [0, 0.1) is 0 Å². The summed E-state index contributed by atoms with van der Waals surface area (Å²) in [5, 5.41) is 1.79. The first-order valence-corrected chi connectivity index (χ1v) is 4.84. The van der Waals surface area contributed by atoms with Crippen molar-refractivity contribution in [2.75, 3.05) is 12.0 Å². The monoisotopic (exact) mass is 247 g/mol. The van der Waals surface area contributed by atoms with E-state index in [1.165, 1.54) is 0 Å². The molecule has 0 aromatic heterocycles. The first-order valence-electron chi connectivity index (χ1n) is 4.84. The number of amides is 1. The molecule has 0 saturated heterocycles. The Hall–Kier alpha value is -1.76. The number of hydrazine groups is 1. The Morgan fingerprint density at radius 2 is 2.06 bits per heavy atom. The third kappa shape index (κ3) is 4.31. The summed E-state index contributed by atoms with van der Waals surface area (Å²) in [4.78, 5) is 10.5. The Kier molecular flexibility index (Phi) is 4.33. The van der Waals surface area contributed by atoms with Crippen molar-refractivity contribution in [2.24, 2.45) is 5.84 Å². The van der Waals surface area contributed by atoms with E-state index in [0.717, 1.165) is 5.56 Å². The minimum atomic E-state index is -4.83. The Morgan fingerprint density at radius 3 is 2.65 bits per heavy atom. The molecule has 1 aromatic carbocycles. The number of halogens is 3. The second kappa shape index (κ2) is 5.53. The number of nitrogen functional groups attached to an aromatic ring is 1. The minimum Gasteiger partial charge on any atom is -0.348 e. The minimum absolute atomic E-state index is 0.0770. The molecule has 0 spiro atoms. The predicted octanol–water partition coefficient (Wildman–Crippen LogP) is 1.19. The smallest absolute Gasteiger partial charge is 0.348 e. The molecule has 0 unspecified atom stereocenters. The summed E-state index contributed by atoms with van der Waals surface area (Å²) in [7, 11) is 0. The highest BCUT2D eigenvalue weighted by Crippen LogP contribution is 2.14. The quantitative estimate of drug-likeness (QED) is 0.553. The number of rotatable bonds is 4. The highest BCUT2D eigenvalue weighted by molar-refractivity contribution is 5.81. The molecule has 4 N–H and O–H groups in total. The van der Waals surface area contributed by atoms with E-state index in [9.17, 15) is 18.0 Å². The molecule has 0 aliphatic carbocycles. The number of nitrogens with two attached hydrogens (primary N) is 1. The van der Waals surface area contributed by atoms with Gasteiger partial charge in [0.2, 0.25) is 0 Å². The highest BCUT2D eigenvalue weighted by atomic mass is 19.4. The van der Waals surface area contributed by atoms with E-state index in [4.69, 9.17) is 5.84 Å². The van der Waals surface area contributed by atoms with Gasteiger partial charge in [0.1, 0.15) is 0 Å². The zero-order valence-electron chi connectivity index (χ0n) is 8.84. The van der Waals surface area contributed by atoms with Crippen LogP contribution in [0.25, 0.3) is 0 Å². The van der Waals surface area contributed by atoms with Crippen molar-refractivity contribution in [1.82, 2.24) is 5.32 Å². The number of anilines is 1. The molecule has 0 atom stereocenters. The van der Waals surface area contributed by atoms with Crippen molar-refractivity contribution in [2.45, 2.75) is 12.6 Å². The van der Waals surface area contributed by atoms with Crippen molar-refractivity contribution in [3.05, 3.63) is 29.8 Å². The number of hydrogen-bond acceptors (Lipinski definition) is 3. The van der Waals surface area contributed by atoms with Crippen molar-refractivity contribution in [3.8, 4) is 0 Å². The number of nitrogens with one attached hydrogen (secondary N) is 2. The largest absolute Gasteiger partial charge is 0.471 e. The lowest BCUT2D eigenvalue weighted by Crippen LogP contribution is -2.37. The van der Waals surface area contributed by atoms with Gasteiger partial charge in [-0.1, -0.05) is 12.1 Å². The fraction of sp³-hybridized carbons (Fsp3) is 0.300. The van der Waals surface area contributed by atoms with Gasteiger partial charge in [-0.05, 0) is 24.1 Å². The van der Waals surface area contributed by atoms with E-state index in [1.807, 2.05) is 0 Å². The van der Waals surface area contributed by atoms with Crippen LogP contribution in [0.4, 0.5) is 18.9 Å². The predicted molar refractivity (Wildman–Crippen MR) is 57.0 cm³/mol. The van der Waals surface area contributed by atoms with Crippen LogP contribution in [0.15, 0.2) is 24.3 Å². The van der Waals surface area contributed by atoms with Gasteiger partial charge in [-0.15, -0.1) is 0 Å². The Labute approximate surface area is 96.0 Å². The van der Waals surface area contributed by atoms with Crippen molar-refractivity contribution >= 4 is 11.6 Å². The summed E-state index contributed by atoms with van der Waals surface area (Å²) in [6, 6.07) is 6.87. The van der Waals surface area contributed by atoms with Crippen molar-refractivity contribution in [1.29, 1.82) is 0 Å². The second-order valence-electron chi connectivity index (χ2n) is 3.35. The molecule has 7 heteroatoms. The topological polar surface area (TPSA) is 67.2 Å². The lowest BCUT2D eigenvalue weighted by atomic mass is 10.1.